The highest BCUT2D eigenvalue weighted by Crippen LogP contribution is 2.32. The number of aliphatic hydroxyl groups is 1. The van der Waals surface area contributed by atoms with Crippen molar-refractivity contribution in [3.63, 3.8) is 0 Å². The first-order chi connectivity index (χ1) is 22.0. The van der Waals surface area contributed by atoms with Crippen LogP contribution in [0.25, 0.3) is 6.08 Å². The van der Waals surface area contributed by atoms with Gasteiger partial charge in [-0.05, 0) is 86.9 Å². The van der Waals surface area contributed by atoms with Crippen molar-refractivity contribution in [2.24, 2.45) is 17.8 Å². The van der Waals surface area contributed by atoms with Gasteiger partial charge in [-0.2, -0.15) is 0 Å². The molecule has 5 rings (SSSR count). The number of cyclic esters (lactones) is 1. The minimum Gasteiger partial charge on any atom is -0.457 e. The highest BCUT2D eigenvalue weighted by Gasteiger charge is 2.34. The Morgan fingerprint density at radius 2 is 1.76 bits per heavy atom. The summed E-state index contributed by atoms with van der Waals surface area (Å²) in [6, 6.07) is 4.44. The summed E-state index contributed by atoms with van der Waals surface area (Å²) in [6.07, 6.45) is 6.12. The lowest BCUT2D eigenvalue weighted by Crippen LogP contribution is -2.48. The van der Waals surface area contributed by atoms with Crippen molar-refractivity contribution in [3.8, 4) is 0 Å². The van der Waals surface area contributed by atoms with Gasteiger partial charge in [-0.15, -0.1) is 0 Å². The number of hydrogen-bond donors (Lipinski definition) is 1. The van der Waals surface area contributed by atoms with Crippen molar-refractivity contribution in [2.45, 2.75) is 71.2 Å². The standard InChI is InChI=1S/C35H49FN4O6/c1-23-5-9-30(41)21-32(42)46-33(24(2)6-10-31(23)45-35(44)38-13-11-37(4)12-14-38)25(3)17-27-18-28(36)20-29(19-27)40-16-15-39(34(40)43)22-26-7-8-26/h6,10,17-20,23-24,26,30-31,33,41H,5,7-9,11-16,21-22H2,1-4H3/b10-6-,25-17+/t23-,24-,30+,31-,33-/m0/s1. The maximum absolute atomic E-state index is 14.9. The average Bonchev–Trinajstić information content (AvgIpc) is 3.76. The third-order valence-electron chi connectivity index (χ3n) is 9.59. The minimum absolute atomic E-state index is 0.0840. The third-order valence-corrected chi connectivity index (χ3v) is 9.59. The quantitative estimate of drug-likeness (QED) is 0.348. The molecule has 1 saturated carbocycles. The molecule has 0 unspecified atom stereocenters. The number of amides is 3. The van der Waals surface area contributed by atoms with E-state index in [2.05, 4.69) is 4.90 Å². The van der Waals surface area contributed by atoms with E-state index in [1.54, 1.807) is 21.9 Å². The van der Waals surface area contributed by atoms with Gasteiger partial charge in [0, 0.05) is 57.4 Å². The van der Waals surface area contributed by atoms with Gasteiger partial charge in [-0.1, -0.05) is 26.0 Å². The van der Waals surface area contributed by atoms with Crippen LogP contribution in [-0.4, -0.2) is 109 Å². The van der Waals surface area contributed by atoms with Crippen LogP contribution in [0.1, 0.15) is 58.4 Å². The van der Waals surface area contributed by atoms with Crippen LogP contribution in [0.4, 0.5) is 19.7 Å². The highest BCUT2D eigenvalue weighted by molar-refractivity contribution is 5.94. The van der Waals surface area contributed by atoms with E-state index in [0.29, 0.717) is 61.8 Å². The molecular weight excluding hydrogens is 591 g/mol. The fraction of sp³-hybridized carbons (Fsp3) is 0.629. The average molecular weight is 641 g/mol. The summed E-state index contributed by atoms with van der Waals surface area (Å²) in [5, 5.41) is 10.6. The van der Waals surface area contributed by atoms with Gasteiger partial charge < -0.3 is 29.3 Å². The Bertz CT molecular complexity index is 1320. The Morgan fingerprint density at radius 1 is 1.02 bits per heavy atom. The molecule has 0 bridgehead atoms. The van der Waals surface area contributed by atoms with Gasteiger partial charge in [-0.25, -0.2) is 14.0 Å². The topological polar surface area (TPSA) is 103 Å². The van der Waals surface area contributed by atoms with E-state index >= 15 is 0 Å². The lowest BCUT2D eigenvalue weighted by atomic mass is 9.91. The Labute approximate surface area is 271 Å². The molecule has 1 aromatic rings. The lowest BCUT2D eigenvalue weighted by molar-refractivity contribution is -0.151. The number of urea groups is 1. The molecule has 3 heterocycles. The van der Waals surface area contributed by atoms with Gasteiger partial charge in [0.05, 0.1) is 12.5 Å². The molecule has 1 aromatic carbocycles. The number of aliphatic hydroxyl groups excluding tert-OH is 1. The number of benzene rings is 1. The van der Waals surface area contributed by atoms with Crippen LogP contribution in [0, 0.1) is 23.6 Å². The SMILES string of the molecule is C/C(=C\c1cc(F)cc(N2CCN(CC3CC3)C2=O)c1)[C@H]1OC(=O)C[C@H](O)CC[C@H](C)[C@@H](OC(=O)N2CCN(C)CC2)/C=C\[C@@H]1C. The van der Waals surface area contributed by atoms with Crippen LogP contribution in [-0.2, 0) is 14.3 Å². The van der Waals surface area contributed by atoms with Crippen LogP contribution < -0.4 is 4.90 Å². The molecule has 0 radical (unpaired) electrons. The van der Waals surface area contributed by atoms with Crippen molar-refractivity contribution >= 4 is 29.9 Å². The van der Waals surface area contributed by atoms with Crippen molar-refractivity contribution in [3.05, 3.63) is 47.3 Å². The Balaban J connectivity index is 1.35. The fourth-order valence-electron chi connectivity index (χ4n) is 6.41. The minimum atomic E-state index is -0.893. The molecule has 1 aliphatic carbocycles. The summed E-state index contributed by atoms with van der Waals surface area (Å²) in [5.74, 6) is -0.811. The first-order valence-corrected chi connectivity index (χ1v) is 16.7. The number of esters is 1. The molecule has 10 nitrogen and oxygen atoms in total. The summed E-state index contributed by atoms with van der Waals surface area (Å²) in [6.45, 7) is 10.3. The van der Waals surface area contributed by atoms with Crippen molar-refractivity contribution in [2.75, 3.05) is 57.8 Å². The maximum Gasteiger partial charge on any atom is 0.410 e. The van der Waals surface area contributed by atoms with E-state index in [9.17, 15) is 23.9 Å². The summed E-state index contributed by atoms with van der Waals surface area (Å²) >= 11 is 0. The van der Waals surface area contributed by atoms with Gasteiger partial charge >= 0.3 is 18.1 Å². The Morgan fingerprint density at radius 3 is 2.48 bits per heavy atom. The number of halogens is 1. The van der Waals surface area contributed by atoms with Gasteiger partial charge in [0.15, 0.2) is 0 Å². The van der Waals surface area contributed by atoms with E-state index in [4.69, 9.17) is 9.47 Å². The molecule has 11 heteroatoms. The predicted octanol–water partition coefficient (Wildman–Crippen LogP) is 4.92. The molecule has 252 valence electrons. The molecule has 4 aliphatic rings. The Kier molecular flexibility index (Phi) is 11.0. The lowest BCUT2D eigenvalue weighted by Gasteiger charge is -2.33. The molecule has 46 heavy (non-hydrogen) atoms. The Hall–Kier alpha value is -3.44. The number of hydrogen-bond acceptors (Lipinski definition) is 7. The number of carbonyl (C=O) groups excluding carboxylic acids is 3. The molecule has 5 atom stereocenters. The van der Waals surface area contributed by atoms with E-state index < -0.39 is 30.1 Å². The monoisotopic (exact) mass is 640 g/mol. The molecule has 0 aromatic heterocycles. The first kappa shape index (κ1) is 33.9. The van der Waals surface area contributed by atoms with Crippen LogP contribution in [0.5, 0.6) is 0 Å². The highest BCUT2D eigenvalue weighted by atomic mass is 19.1. The molecule has 3 aliphatic heterocycles. The number of anilines is 1. The number of rotatable bonds is 6. The third kappa shape index (κ3) is 8.88. The second kappa shape index (κ2) is 15.0. The second-order valence-corrected chi connectivity index (χ2v) is 13.7. The normalized spacial score (nSPS) is 29.7. The number of piperazine rings is 1. The molecule has 3 fully saturated rings. The van der Waals surface area contributed by atoms with Gasteiger partial charge in [0.1, 0.15) is 18.0 Å². The molecule has 3 amide bonds. The van der Waals surface area contributed by atoms with Gasteiger partial charge in [0.25, 0.3) is 0 Å². The smallest absolute Gasteiger partial charge is 0.410 e. The zero-order valence-electron chi connectivity index (χ0n) is 27.6. The summed E-state index contributed by atoms with van der Waals surface area (Å²) in [7, 11) is 2.03. The molecule has 1 N–H and O–H groups in total. The predicted molar refractivity (Wildman–Crippen MR) is 174 cm³/mol. The maximum atomic E-state index is 14.9. The van der Waals surface area contributed by atoms with E-state index in [0.717, 1.165) is 32.5 Å². The number of carbonyl (C=O) groups is 3. The first-order valence-electron chi connectivity index (χ1n) is 16.7. The number of likely N-dealkylation sites (N-methyl/N-ethyl adjacent to an activating group) is 1. The van der Waals surface area contributed by atoms with E-state index in [-0.39, 0.29) is 30.4 Å². The summed E-state index contributed by atoms with van der Waals surface area (Å²) < 4.78 is 26.8. The van der Waals surface area contributed by atoms with E-state index in [1.807, 2.05) is 44.9 Å². The van der Waals surface area contributed by atoms with Crippen molar-refractivity contribution in [1.82, 2.24) is 14.7 Å². The molecule has 2 saturated heterocycles. The molecular formula is C35H49FN4O6. The zero-order valence-corrected chi connectivity index (χ0v) is 27.6. The van der Waals surface area contributed by atoms with Gasteiger partial charge in [-0.3, -0.25) is 9.69 Å². The zero-order chi connectivity index (χ0) is 33.0. The molecule has 0 spiro atoms. The largest absolute Gasteiger partial charge is 0.457 e. The van der Waals surface area contributed by atoms with Crippen LogP contribution in [0.3, 0.4) is 0 Å². The van der Waals surface area contributed by atoms with Gasteiger partial charge in [0.2, 0.25) is 0 Å². The van der Waals surface area contributed by atoms with Crippen molar-refractivity contribution < 1.29 is 33.4 Å². The summed E-state index contributed by atoms with van der Waals surface area (Å²) in [5.41, 5.74) is 1.72. The second-order valence-electron chi connectivity index (χ2n) is 13.7. The van der Waals surface area contributed by atoms with Crippen LogP contribution >= 0.6 is 0 Å². The van der Waals surface area contributed by atoms with Crippen molar-refractivity contribution in [1.29, 1.82) is 0 Å². The fourth-order valence-corrected chi connectivity index (χ4v) is 6.41. The van der Waals surface area contributed by atoms with E-state index in [1.165, 1.54) is 12.1 Å². The number of ether oxygens (including phenoxy) is 2. The summed E-state index contributed by atoms with van der Waals surface area (Å²) in [4.78, 5) is 46.4. The number of nitrogens with zero attached hydrogens (tertiary/aromatic N) is 4. The van der Waals surface area contributed by atoms with Crippen LogP contribution in [0.2, 0.25) is 0 Å². The van der Waals surface area contributed by atoms with Crippen LogP contribution in [0.15, 0.2) is 35.9 Å².